The van der Waals surface area contributed by atoms with Gasteiger partial charge in [-0.2, -0.15) is 0 Å². The molecule has 15 heavy (non-hydrogen) atoms. The van der Waals surface area contributed by atoms with Gasteiger partial charge in [-0.25, -0.2) is 14.5 Å². The van der Waals surface area contributed by atoms with Gasteiger partial charge >= 0.3 is 5.97 Å². The lowest BCUT2D eigenvalue weighted by atomic mass is 10.3. The van der Waals surface area contributed by atoms with Gasteiger partial charge in [-0.1, -0.05) is 0 Å². The molecular weight excluding hydrogens is 198 g/mol. The SMILES string of the molecule is O=C(O)c1ncn(-c2ccc(O)cc2)n1. The molecule has 1 heterocycles. The molecule has 0 spiro atoms. The first-order valence-corrected chi connectivity index (χ1v) is 4.11. The van der Waals surface area contributed by atoms with Crippen molar-refractivity contribution in [3.8, 4) is 11.4 Å². The van der Waals surface area contributed by atoms with Crippen LogP contribution in [-0.2, 0) is 0 Å². The van der Waals surface area contributed by atoms with E-state index in [2.05, 4.69) is 10.1 Å². The van der Waals surface area contributed by atoms with Crippen LogP contribution >= 0.6 is 0 Å². The fourth-order valence-corrected chi connectivity index (χ4v) is 1.09. The first-order chi connectivity index (χ1) is 7.16. The van der Waals surface area contributed by atoms with Crippen LogP contribution in [-0.4, -0.2) is 30.9 Å². The minimum absolute atomic E-state index is 0.136. The third-order valence-electron chi connectivity index (χ3n) is 1.80. The summed E-state index contributed by atoms with van der Waals surface area (Å²) in [4.78, 5) is 14.1. The van der Waals surface area contributed by atoms with Crippen molar-refractivity contribution < 1.29 is 15.0 Å². The van der Waals surface area contributed by atoms with Gasteiger partial charge in [0.2, 0.25) is 0 Å². The monoisotopic (exact) mass is 205 g/mol. The van der Waals surface area contributed by atoms with Crippen molar-refractivity contribution in [2.75, 3.05) is 0 Å². The molecule has 0 atom stereocenters. The van der Waals surface area contributed by atoms with Crippen molar-refractivity contribution in [2.24, 2.45) is 0 Å². The topological polar surface area (TPSA) is 88.2 Å². The summed E-state index contributed by atoms with van der Waals surface area (Å²) in [6.07, 6.45) is 1.30. The summed E-state index contributed by atoms with van der Waals surface area (Å²) >= 11 is 0. The molecule has 1 aromatic heterocycles. The molecule has 2 aromatic rings. The number of hydrogen-bond acceptors (Lipinski definition) is 4. The zero-order chi connectivity index (χ0) is 10.8. The summed E-state index contributed by atoms with van der Waals surface area (Å²) < 4.78 is 1.32. The molecule has 0 unspecified atom stereocenters. The Balaban J connectivity index is 2.37. The number of aromatic nitrogens is 3. The van der Waals surface area contributed by atoms with E-state index in [0.29, 0.717) is 5.69 Å². The van der Waals surface area contributed by atoms with Crippen molar-refractivity contribution in [1.82, 2.24) is 14.8 Å². The summed E-state index contributed by atoms with van der Waals surface area (Å²) in [5.74, 6) is -1.30. The van der Waals surface area contributed by atoms with Gasteiger partial charge in [0.25, 0.3) is 5.82 Å². The van der Waals surface area contributed by atoms with Crippen molar-refractivity contribution in [3.63, 3.8) is 0 Å². The lowest BCUT2D eigenvalue weighted by molar-refractivity contribution is 0.0683. The highest BCUT2D eigenvalue weighted by molar-refractivity contribution is 5.82. The number of phenolic OH excluding ortho intramolecular Hbond substituents is 1. The van der Waals surface area contributed by atoms with E-state index in [4.69, 9.17) is 10.2 Å². The summed E-state index contributed by atoms with van der Waals surface area (Å²) in [5, 5.41) is 21.4. The first-order valence-electron chi connectivity index (χ1n) is 4.11. The molecule has 0 radical (unpaired) electrons. The lowest BCUT2D eigenvalue weighted by Gasteiger charge is -1.98. The molecule has 76 valence electrons. The maximum absolute atomic E-state index is 10.5. The summed E-state index contributed by atoms with van der Waals surface area (Å²) in [5.41, 5.74) is 0.632. The Morgan fingerprint density at radius 3 is 2.47 bits per heavy atom. The third kappa shape index (κ3) is 1.78. The molecule has 0 aliphatic carbocycles. The minimum atomic E-state index is -1.17. The Bertz CT molecular complexity index is 490. The van der Waals surface area contributed by atoms with Gasteiger partial charge in [0.15, 0.2) is 0 Å². The molecule has 6 nitrogen and oxygen atoms in total. The van der Waals surface area contributed by atoms with Gasteiger partial charge < -0.3 is 10.2 Å². The number of nitrogens with zero attached hydrogens (tertiary/aromatic N) is 3. The van der Waals surface area contributed by atoms with Crippen molar-refractivity contribution in [1.29, 1.82) is 0 Å². The van der Waals surface area contributed by atoms with Crippen LogP contribution in [0.4, 0.5) is 0 Å². The van der Waals surface area contributed by atoms with E-state index < -0.39 is 5.97 Å². The number of benzene rings is 1. The van der Waals surface area contributed by atoms with E-state index >= 15 is 0 Å². The average molecular weight is 205 g/mol. The molecule has 2 rings (SSSR count). The highest BCUT2D eigenvalue weighted by Crippen LogP contribution is 2.12. The van der Waals surface area contributed by atoms with Gasteiger partial charge in [-0.15, -0.1) is 5.10 Å². The Kier molecular flexibility index (Phi) is 2.09. The highest BCUT2D eigenvalue weighted by atomic mass is 16.4. The fourth-order valence-electron chi connectivity index (χ4n) is 1.09. The third-order valence-corrected chi connectivity index (χ3v) is 1.80. The number of carboxylic acid groups (broad SMARTS) is 1. The average Bonchev–Trinajstić information content (AvgIpc) is 2.68. The number of aromatic hydroxyl groups is 1. The van der Waals surface area contributed by atoms with E-state index in [9.17, 15) is 4.79 Å². The van der Waals surface area contributed by atoms with E-state index in [-0.39, 0.29) is 11.6 Å². The van der Waals surface area contributed by atoms with Crippen molar-refractivity contribution in [3.05, 3.63) is 36.4 Å². The van der Waals surface area contributed by atoms with Crippen LogP contribution < -0.4 is 0 Å². The summed E-state index contributed by atoms with van der Waals surface area (Å²) in [6.45, 7) is 0. The summed E-state index contributed by atoms with van der Waals surface area (Å²) in [6, 6.07) is 6.18. The number of carbonyl (C=O) groups is 1. The van der Waals surface area contributed by atoms with Crippen molar-refractivity contribution >= 4 is 5.97 Å². The zero-order valence-electron chi connectivity index (χ0n) is 7.53. The fraction of sp³-hybridized carbons (Fsp3) is 0. The Morgan fingerprint density at radius 1 is 1.27 bits per heavy atom. The molecule has 0 aliphatic heterocycles. The maximum Gasteiger partial charge on any atom is 0.375 e. The van der Waals surface area contributed by atoms with Crippen LogP contribution in [0, 0.1) is 0 Å². The molecule has 0 saturated carbocycles. The van der Waals surface area contributed by atoms with E-state index in [1.807, 2.05) is 0 Å². The molecule has 0 saturated heterocycles. The minimum Gasteiger partial charge on any atom is -0.508 e. The summed E-state index contributed by atoms with van der Waals surface area (Å²) in [7, 11) is 0. The highest BCUT2D eigenvalue weighted by Gasteiger charge is 2.09. The maximum atomic E-state index is 10.5. The van der Waals surface area contributed by atoms with Gasteiger partial charge in [-0.3, -0.25) is 0 Å². The van der Waals surface area contributed by atoms with E-state index in [1.54, 1.807) is 12.1 Å². The number of aromatic carboxylic acids is 1. The number of carboxylic acids is 1. The molecule has 6 heteroatoms. The number of rotatable bonds is 2. The smallest absolute Gasteiger partial charge is 0.375 e. The van der Waals surface area contributed by atoms with E-state index in [1.165, 1.54) is 23.1 Å². The van der Waals surface area contributed by atoms with Gasteiger partial charge in [0.1, 0.15) is 12.1 Å². The second-order valence-corrected chi connectivity index (χ2v) is 2.83. The first kappa shape index (κ1) is 9.20. The van der Waals surface area contributed by atoms with Gasteiger partial charge in [0.05, 0.1) is 5.69 Å². The standard InChI is InChI=1S/C9H7N3O3/c13-7-3-1-6(2-4-7)12-5-10-8(11-12)9(14)15/h1-5,13H,(H,14,15). The molecule has 0 amide bonds. The molecular formula is C9H7N3O3. The van der Waals surface area contributed by atoms with Crippen LogP contribution in [0.3, 0.4) is 0 Å². The van der Waals surface area contributed by atoms with Crippen LogP contribution in [0.2, 0.25) is 0 Å². The molecule has 2 N–H and O–H groups in total. The zero-order valence-corrected chi connectivity index (χ0v) is 7.53. The van der Waals surface area contributed by atoms with Crippen LogP contribution in [0.5, 0.6) is 5.75 Å². The van der Waals surface area contributed by atoms with Crippen LogP contribution in [0.1, 0.15) is 10.6 Å². The Morgan fingerprint density at radius 2 is 1.93 bits per heavy atom. The van der Waals surface area contributed by atoms with Crippen molar-refractivity contribution in [2.45, 2.75) is 0 Å². The lowest BCUT2D eigenvalue weighted by Crippen LogP contribution is -2.01. The second kappa shape index (κ2) is 3.41. The predicted octanol–water partition coefficient (Wildman–Crippen LogP) is 0.671. The Hall–Kier alpha value is -2.37. The number of phenols is 1. The largest absolute Gasteiger partial charge is 0.508 e. The molecule has 1 aromatic carbocycles. The van der Waals surface area contributed by atoms with Gasteiger partial charge in [0, 0.05) is 0 Å². The normalized spacial score (nSPS) is 10.1. The van der Waals surface area contributed by atoms with E-state index in [0.717, 1.165) is 0 Å². The number of hydrogen-bond donors (Lipinski definition) is 2. The molecule has 0 fully saturated rings. The second-order valence-electron chi connectivity index (χ2n) is 2.83. The molecule has 0 aliphatic rings. The predicted molar refractivity (Wildman–Crippen MR) is 50.0 cm³/mol. The quantitative estimate of drug-likeness (QED) is 0.752. The van der Waals surface area contributed by atoms with Gasteiger partial charge in [-0.05, 0) is 24.3 Å². The Labute approximate surface area is 84.4 Å². The van der Waals surface area contributed by atoms with Crippen LogP contribution in [0.15, 0.2) is 30.6 Å². The molecule has 0 bridgehead atoms. The van der Waals surface area contributed by atoms with Crippen LogP contribution in [0.25, 0.3) is 5.69 Å².